The number of hydrogen-bond acceptors (Lipinski definition) is 7. The number of ether oxygens (including phenoxy) is 1. The summed E-state index contributed by atoms with van der Waals surface area (Å²) in [6.07, 6.45) is 5.41. The highest BCUT2D eigenvalue weighted by Gasteiger charge is 2.26. The van der Waals surface area contributed by atoms with Gasteiger partial charge in [0.15, 0.2) is 0 Å². The van der Waals surface area contributed by atoms with E-state index in [1.807, 2.05) is 49.6 Å². The van der Waals surface area contributed by atoms with Gasteiger partial charge in [0.1, 0.15) is 11.6 Å². The molecular formula is C28H32N6O3. The maximum absolute atomic E-state index is 12.8. The molecule has 1 aliphatic heterocycles. The highest BCUT2D eigenvalue weighted by molar-refractivity contribution is 5.78. The summed E-state index contributed by atoms with van der Waals surface area (Å²) in [6.45, 7) is 5.52. The van der Waals surface area contributed by atoms with Crippen LogP contribution in [-0.4, -0.2) is 50.7 Å². The number of rotatable bonds is 9. The standard InChI is InChI=1S/C28H32N6O3/c1-20-29-12-15-34(20)18-22-5-3-4-21(16-22)17-30-28(35)24-10-13-33(14-11-24)19-26-31-27(32-37-26)23-6-8-25(36-2)9-7-23/h3-9,12,15-16,24H,10-11,13-14,17-19H2,1-2H3,(H,30,35). The molecule has 9 heteroatoms. The van der Waals surface area contributed by atoms with Gasteiger partial charge < -0.3 is 19.1 Å². The van der Waals surface area contributed by atoms with E-state index in [0.29, 0.717) is 24.8 Å². The van der Waals surface area contributed by atoms with Gasteiger partial charge in [0.05, 0.1) is 13.7 Å². The zero-order chi connectivity index (χ0) is 25.6. The summed E-state index contributed by atoms with van der Waals surface area (Å²) >= 11 is 0. The minimum Gasteiger partial charge on any atom is -0.497 e. The van der Waals surface area contributed by atoms with Crippen LogP contribution in [0.5, 0.6) is 5.75 Å². The van der Waals surface area contributed by atoms with Crippen LogP contribution in [-0.2, 0) is 24.4 Å². The Morgan fingerprint density at radius 2 is 1.89 bits per heavy atom. The molecule has 1 saturated heterocycles. The van der Waals surface area contributed by atoms with Crippen LogP contribution in [0.3, 0.4) is 0 Å². The summed E-state index contributed by atoms with van der Waals surface area (Å²) in [6, 6.07) is 15.9. The van der Waals surface area contributed by atoms with Gasteiger partial charge in [-0.15, -0.1) is 0 Å². The van der Waals surface area contributed by atoms with E-state index in [9.17, 15) is 4.79 Å². The van der Waals surface area contributed by atoms with Crippen molar-refractivity contribution < 1.29 is 14.1 Å². The number of hydrogen-bond donors (Lipinski definition) is 1. The SMILES string of the molecule is COc1ccc(-c2noc(CN3CCC(C(=O)NCc4cccc(Cn5ccnc5C)c4)CC3)n2)cc1. The number of nitrogens with one attached hydrogen (secondary N) is 1. The molecule has 3 heterocycles. The number of amides is 1. The van der Waals surface area contributed by atoms with Crippen LogP contribution in [0.15, 0.2) is 65.4 Å². The molecule has 5 rings (SSSR count). The summed E-state index contributed by atoms with van der Waals surface area (Å²) in [5, 5.41) is 7.25. The molecular weight excluding hydrogens is 468 g/mol. The van der Waals surface area contributed by atoms with Gasteiger partial charge in [0.2, 0.25) is 17.6 Å². The van der Waals surface area contributed by atoms with Crippen LogP contribution < -0.4 is 10.1 Å². The number of carbonyl (C=O) groups is 1. The van der Waals surface area contributed by atoms with Crippen LogP contribution in [0.4, 0.5) is 0 Å². The molecule has 9 nitrogen and oxygen atoms in total. The number of piperidine rings is 1. The molecule has 1 aliphatic rings. The van der Waals surface area contributed by atoms with Crippen molar-refractivity contribution in [3.8, 4) is 17.1 Å². The van der Waals surface area contributed by atoms with E-state index in [0.717, 1.165) is 55.2 Å². The van der Waals surface area contributed by atoms with Crippen molar-refractivity contribution in [3.63, 3.8) is 0 Å². The lowest BCUT2D eigenvalue weighted by molar-refractivity contribution is -0.126. The van der Waals surface area contributed by atoms with E-state index in [2.05, 4.69) is 48.1 Å². The molecule has 1 fully saturated rings. The van der Waals surface area contributed by atoms with Crippen LogP contribution in [0, 0.1) is 12.8 Å². The predicted molar refractivity (Wildman–Crippen MR) is 139 cm³/mol. The van der Waals surface area contributed by atoms with E-state index in [1.165, 1.54) is 5.56 Å². The summed E-state index contributed by atoms with van der Waals surface area (Å²) in [5.74, 6) is 3.06. The number of methoxy groups -OCH3 is 1. The number of likely N-dealkylation sites (tertiary alicyclic amines) is 1. The van der Waals surface area contributed by atoms with Crippen molar-refractivity contribution in [2.75, 3.05) is 20.2 Å². The molecule has 192 valence electrons. The van der Waals surface area contributed by atoms with Crippen molar-refractivity contribution in [2.45, 2.75) is 39.4 Å². The third-order valence-electron chi connectivity index (χ3n) is 6.87. The van der Waals surface area contributed by atoms with E-state index in [1.54, 1.807) is 7.11 Å². The fourth-order valence-electron chi connectivity index (χ4n) is 4.66. The highest BCUT2D eigenvalue weighted by Crippen LogP contribution is 2.22. The van der Waals surface area contributed by atoms with Gasteiger partial charge in [0.25, 0.3) is 0 Å². The topological polar surface area (TPSA) is 98.3 Å². The number of benzene rings is 2. The number of imidazole rings is 1. The number of aryl methyl sites for hydroxylation is 1. The Bertz CT molecular complexity index is 1320. The minimum atomic E-state index is 0.0191. The summed E-state index contributed by atoms with van der Waals surface area (Å²) < 4.78 is 12.8. The van der Waals surface area contributed by atoms with E-state index >= 15 is 0 Å². The Balaban J connectivity index is 1.07. The summed E-state index contributed by atoms with van der Waals surface area (Å²) in [7, 11) is 1.64. The van der Waals surface area contributed by atoms with Crippen LogP contribution >= 0.6 is 0 Å². The molecule has 0 atom stereocenters. The van der Waals surface area contributed by atoms with Gasteiger partial charge in [-0.3, -0.25) is 9.69 Å². The Kier molecular flexibility index (Phi) is 7.60. The molecule has 0 saturated carbocycles. The predicted octanol–water partition coefficient (Wildman–Crippen LogP) is 3.83. The second-order valence-corrected chi connectivity index (χ2v) is 9.43. The van der Waals surface area contributed by atoms with Gasteiger partial charge in [-0.05, 0) is 68.2 Å². The van der Waals surface area contributed by atoms with Crippen molar-refractivity contribution >= 4 is 5.91 Å². The van der Waals surface area contributed by atoms with Crippen molar-refractivity contribution in [1.82, 2.24) is 29.9 Å². The fourth-order valence-corrected chi connectivity index (χ4v) is 4.66. The average Bonchev–Trinajstić information content (AvgIpc) is 3.57. The third-order valence-corrected chi connectivity index (χ3v) is 6.87. The lowest BCUT2D eigenvalue weighted by atomic mass is 9.96. The van der Waals surface area contributed by atoms with Crippen molar-refractivity contribution in [2.24, 2.45) is 5.92 Å². The first-order chi connectivity index (χ1) is 18.1. The van der Waals surface area contributed by atoms with Crippen LogP contribution in [0.1, 0.15) is 35.7 Å². The molecule has 0 radical (unpaired) electrons. The number of nitrogens with zero attached hydrogens (tertiary/aromatic N) is 5. The van der Waals surface area contributed by atoms with Gasteiger partial charge in [0, 0.05) is 37.0 Å². The number of aromatic nitrogens is 4. The van der Waals surface area contributed by atoms with Gasteiger partial charge in [-0.1, -0.05) is 29.4 Å². The smallest absolute Gasteiger partial charge is 0.241 e. The molecule has 2 aromatic heterocycles. The molecule has 0 spiro atoms. The first-order valence-electron chi connectivity index (χ1n) is 12.6. The average molecular weight is 501 g/mol. The first-order valence-corrected chi connectivity index (χ1v) is 12.6. The molecule has 1 amide bonds. The molecule has 0 unspecified atom stereocenters. The maximum Gasteiger partial charge on any atom is 0.241 e. The zero-order valence-electron chi connectivity index (χ0n) is 21.3. The fraction of sp³-hybridized carbons (Fsp3) is 0.357. The van der Waals surface area contributed by atoms with Crippen LogP contribution in [0.2, 0.25) is 0 Å². The van der Waals surface area contributed by atoms with E-state index in [-0.39, 0.29) is 11.8 Å². The lowest BCUT2D eigenvalue weighted by Gasteiger charge is -2.30. The maximum atomic E-state index is 12.8. The molecule has 0 aliphatic carbocycles. The Hall–Kier alpha value is -3.98. The molecule has 2 aromatic carbocycles. The lowest BCUT2D eigenvalue weighted by Crippen LogP contribution is -2.40. The first kappa shape index (κ1) is 24.7. The zero-order valence-corrected chi connectivity index (χ0v) is 21.3. The minimum absolute atomic E-state index is 0.0191. The quantitative estimate of drug-likeness (QED) is 0.373. The van der Waals surface area contributed by atoms with Crippen molar-refractivity contribution in [1.29, 1.82) is 0 Å². The molecule has 0 bridgehead atoms. The highest BCUT2D eigenvalue weighted by atomic mass is 16.5. The van der Waals surface area contributed by atoms with E-state index in [4.69, 9.17) is 9.26 Å². The second kappa shape index (κ2) is 11.4. The van der Waals surface area contributed by atoms with Crippen LogP contribution in [0.25, 0.3) is 11.4 Å². The second-order valence-electron chi connectivity index (χ2n) is 9.43. The Labute approximate surface area is 216 Å². The Morgan fingerprint density at radius 1 is 1.11 bits per heavy atom. The van der Waals surface area contributed by atoms with Gasteiger partial charge in [-0.25, -0.2) is 4.98 Å². The number of carbonyl (C=O) groups excluding carboxylic acids is 1. The summed E-state index contributed by atoms with van der Waals surface area (Å²) in [5.41, 5.74) is 3.18. The Morgan fingerprint density at radius 3 is 2.62 bits per heavy atom. The molecule has 4 aromatic rings. The van der Waals surface area contributed by atoms with E-state index < -0.39 is 0 Å². The van der Waals surface area contributed by atoms with Gasteiger partial charge >= 0.3 is 0 Å². The summed E-state index contributed by atoms with van der Waals surface area (Å²) in [4.78, 5) is 23.9. The van der Waals surface area contributed by atoms with Crippen molar-refractivity contribution in [3.05, 3.63) is 83.8 Å². The third kappa shape index (κ3) is 6.24. The molecule has 1 N–H and O–H groups in total. The normalized spacial score (nSPS) is 14.5. The monoisotopic (exact) mass is 500 g/mol. The largest absolute Gasteiger partial charge is 0.497 e. The molecule has 37 heavy (non-hydrogen) atoms. The van der Waals surface area contributed by atoms with Gasteiger partial charge in [-0.2, -0.15) is 4.98 Å².